The fraction of sp³-hybridized carbons (Fsp3) is 0.981. The quantitative estimate of drug-likeness (QED) is 0.0224. The first-order valence-electron chi connectivity index (χ1n) is 28.1. The van der Waals surface area contributed by atoms with Crippen LogP contribution >= 0.6 is 0 Å². The molecule has 0 radical (unpaired) electrons. The van der Waals surface area contributed by atoms with Crippen LogP contribution < -0.4 is 0 Å². The van der Waals surface area contributed by atoms with E-state index < -0.39 is 80.7 Å². The molecule has 0 spiro atoms. The fourth-order valence-electron chi connectivity index (χ4n) is 9.29. The molecule has 404 valence electrons. The van der Waals surface area contributed by atoms with Gasteiger partial charge in [0.1, 0.15) is 54.9 Å². The van der Waals surface area contributed by atoms with Gasteiger partial charge >= 0.3 is 5.97 Å². The van der Waals surface area contributed by atoms with Crippen LogP contribution in [0.25, 0.3) is 0 Å². The van der Waals surface area contributed by atoms with Crippen LogP contribution in [0.15, 0.2) is 0 Å². The highest BCUT2D eigenvalue weighted by molar-refractivity contribution is 5.69. The Morgan fingerprint density at radius 3 is 1.19 bits per heavy atom. The highest BCUT2D eigenvalue weighted by atomic mass is 16.7. The summed E-state index contributed by atoms with van der Waals surface area (Å²) in [6.07, 6.45) is 27.6. The molecule has 2 aliphatic rings. The molecule has 0 aromatic heterocycles. The van der Waals surface area contributed by atoms with Crippen molar-refractivity contribution in [2.24, 2.45) is 0 Å². The summed E-state index contributed by atoms with van der Waals surface area (Å²) in [5.41, 5.74) is 0. The number of aliphatic hydroxyl groups is 7. The SMILES string of the molecule is CCCCCCCCCCCCCCCCCCCCCCCCCCOCC(COC1OC(COC2OC(CO)C(O)C(O)C2O)C(O)C(O)C1O)OC(=O)CCCCCCCCCCCC. The maximum absolute atomic E-state index is 13.0. The lowest BCUT2D eigenvalue weighted by atomic mass is 9.98. The number of ether oxygens (including phenoxy) is 6. The summed E-state index contributed by atoms with van der Waals surface area (Å²) < 4.78 is 34.3. The van der Waals surface area contributed by atoms with E-state index in [-0.39, 0.29) is 25.6 Å². The van der Waals surface area contributed by atoms with E-state index in [1.807, 2.05) is 0 Å². The topological polar surface area (TPSA) is 214 Å². The number of carbonyl (C=O) groups is 1. The summed E-state index contributed by atoms with van der Waals surface area (Å²) in [5.74, 6) is -0.372. The van der Waals surface area contributed by atoms with Crippen molar-refractivity contribution < 1.29 is 69.0 Å². The van der Waals surface area contributed by atoms with E-state index in [0.29, 0.717) is 13.0 Å². The first-order valence-corrected chi connectivity index (χ1v) is 28.1. The van der Waals surface area contributed by atoms with E-state index in [4.69, 9.17) is 28.4 Å². The van der Waals surface area contributed by atoms with Crippen LogP contribution in [0.2, 0.25) is 0 Å². The van der Waals surface area contributed by atoms with Gasteiger partial charge in [-0.1, -0.05) is 219 Å². The summed E-state index contributed by atoms with van der Waals surface area (Å²) in [5, 5.41) is 72.1. The second kappa shape index (κ2) is 42.5. The van der Waals surface area contributed by atoms with Gasteiger partial charge in [-0.25, -0.2) is 0 Å². The van der Waals surface area contributed by atoms with Crippen molar-refractivity contribution in [1.82, 2.24) is 0 Å². The van der Waals surface area contributed by atoms with Crippen molar-refractivity contribution in [2.75, 3.05) is 33.0 Å². The summed E-state index contributed by atoms with van der Waals surface area (Å²) in [6, 6.07) is 0. The highest BCUT2D eigenvalue weighted by Crippen LogP contribution is 2.27. The van der Waals surface area contributed by atoms with Gasteiger partial charge in [0.15, 0.2) is 12.6 Å². The van der Waals surface area contributed by atoms with Crippen LogP contribution in [-0.2, 0) is 33.2 Å². The normalized spacial score (nSPS) is 25.8. The molecule has 2 rings (SSSR count). The van der Waals surface area contributed by atoms with Crippen LogP contribution in [0, 0.1) is 0 Å². The average Bonchev–Trinajstić information content (AvgIpc) is 3.33. The van der Waals surface area contributed by atoms with E-state index in [9.17, 15) is 40.5 Å². The number of esters is 1. The Labute approximate surface area is 412 Å². The van der Waals surface area contributed by atoms with E-state index in [2.05, 4.69) is 13.8 Å². The molecule has 0 aromatic rings. The summed E-state index contributed by atoms with van der Waals surface area (Å²) in [7, 11) is 0. The lowest BCUT2D eigenvalue weighted by molar-refractivity contribution is -0.332. The van der Waals surface area contributed by atoms with Gasteiger partial charge in [-0.05, 0) is 12.8 Å². The van der Waals surface area contributed by atoms with Gasteiger partial charge in [-0.3, -0.25) is 4.79 Å². The molecule has 2 fully saturated rings. The molecule has 2 saturated heterocycles. The predicted octanol–water partition coefficient (Wildman–Crippen LogP) is 9.25. The van der Waals surface area contributed by atoms with Crippen molar-refractivity contribution in [3.8, 4) is 0 Å². The Balaban J connectivity index is 1.65. The fourth-order valence-corrected chi connectivity index (χ4v) is 9.29. The molecule has 14 nitrogen and oxygen atoms in total. The number of unbranched alkanes of at least 4 members (excludes halogenated alkanes) is 32. The highest BCUT2D eigenvalue weighted by Gasteiger charge is 2.47. The predicted molar refractivity (Wildman–Crippen MR) is 266 cm³/mol. The summed E-state index contributed by atoms with van der Waals surface area (Å²) in [4.78, 5) is 13.0. The Bertz CT molecular complexity index is 1130. The van der Waals surface area contributed by atoms with Crippen molar-refractivity contribution in [3.05, 3.63) is 0 Å². The molecule has 11 atom stereocenters. The van der Waals surface area contributed by atoms with Gasteiger partial charge in [0.25, 0.3) is 0 Å². The third kappa shape index (κ3) is 29.5. The molecule has 0 amide bonds. The number of aliphatic hydroxyl groups excluding tert-OH is 7. The van der Waals surface area contributed by atoms with Gasteiger partial charge in [0, 0.05) is 13.0 Å². The Morgan fingerprint density at radius 1 is 0.426 bits per heavy atom. The van der Waals surface area contributed by atoms with Crippen molar-refractivity contribution in [1.29, 1.82) is 0 Å². The van der Waals surface area contributed by atoms with E-state index >= 15 is 0 Å². The maximum Gasteiger partial charge on any atom is 0.306 e. The van der Waals surface area contributed by atoms with Crippen molar-refractivity contribution in [3.63, 3.8) is 0 Å². The molecule has 0 aromatic carbocycles. The molecule has 14 heteroatoms. The van der Waals surface area contributed by atoms with Crippen LogP contribution in [0.4, 0.5) is 0 Å². The Kier molecular flexibility index (Phi) is 39.4. The zero-order chi connectivity index (χ0) is 49.5. The minimum absolute atomic E-state index is 0.0702. The van der Waals surface area contributed by atoms with E-state index in [1.54, 1.807) is 0 Å². The maximum atomic E-state index is 13.0. The molecular weight excluding hydrogens is 873 g/mol. The average molecular weight is 977 g/mol. The minimum Gasteiger partial charge on any atom is -0.457 e. The Hall–Kier alpha value is -1.01. The largest absolute Gasteiger partial charge is 0.457 e. The third-order valence-electron chi connectivity index (χ3n) is 13.9. The molecule has 2 heterocycles. The minimum atomic E-state index is -1.70. The van der Waals surface area contributed by atoms with Crippen LogP contribution in [0.5, 0.6) is 0 Å². The molecule has 2 aliphatic heterocycles. The van der Waals surface area contributed by atoms with Gasteiger partial charge in [0.2, 0.25) is 0 Å². The molecule has 0 bridgehead atoms. The third-order valence-corrected chi connectivity index (χ3v) is 13.9. The molecule has 0 aliphatic carbocycles. The smallest absolute Gasteiger partial charge is 0.306 e. The lowest BCUT2D eigenvalue weighted by Gasteiger charge is -2.42. The molecule has 7 N–H and O–H groups in total. The number of hydrogen-bond donors (Lipinski definition) is 7. The van der Waals surface area contributed by atoms with Gasteiger partial charge in [-0.2, -0.15) is 0 Å². The standard InChI is InChI=1S/C54H104O14/c1-3-5-7-9-11-13-15-16-17-18-19-20-21-22-23-24-25-26-27-28-30-32-34-36-38-63-40-43(66-46(56)37-35-33-31-29-14-12-10-8-6-4-2)41-64-53-52(62)50(60)48(58)45(68-53)42-65-54-51(61)49(59)47(57)44(39-55)67-54/h43-45,47-55,57-62H,3-42H2,1-2H3. The van der Waals surface area contributed by atoms with E-state index in [1.165, 1.54) is 173 Å². The molecule has 68 heavy (non-hydrogen) atoms. The van der Waals surface area contributed by atoms with Crippen molar-refractivity contribution in [2.45, 2.75) is 306 Å². The number of hydrogen-bond acceptors (Lipinski definition) is 14. The second-order valence-corrected chi connectivity index (χ2v) is 20.1. The zero-order valence-corrected chi connectivity index (χ0v) is 43.1. The van der Waals surface area contributed by atoms with Gasteiger partial charge < -0.3 is 64.2 Å². The monoisotopic (exact) mass is 977 g/mol. The lowest BCUT2D eigenvalue weighted by Crippen LogP contribution is -2.61. The van der Waals surface area contributed by atoms with Crippen LogP contribution in [0.1, 0.15) is 239 Å². The molecule has 0 saturated carbocycles. The molecular formula is C54H104O14. The number of rotatable bonds is 46. The first kappa shape index (κ1) is 63.1. The first-order chi connectivity index (χ1) is 33.1. The van der Waals surface area contributed by atoms with Crippen LogP contribution in [0.3, 0.4) is 0 Å². The zero-order valence-electron chi connectivity index (χ0n) is 43.1. The van der Waals surface area contributed by atoms with E-state index in [0.717, 1.165) is 38.5 Å². The number of carbonyl (C=O) groups excluding carboxylic acids is 1. The summed E-state index contributed by atoms with van der Waals surface area (Å²) in [6.45, 7) is 3.73. The second-order valence-electron chi connectivity index (χ2n) is 20.1. The Morgan fingerprint density at radius 2 is 0.779 bits per heavy atom. The van der Waals surface area contributed by atoms with Crippen LogP contribution in [-0.4, -0.2) is 142 Å². The summed E-state index contributed by atoms with van der Waals surface area (Å²) >= 11 is 0. The van der Waals surface area contributed by atoms with Crippen molar-refractivity contribution >= 4 is 5.97 Å². The molecule has 11 unspecified atom stereocenters. The van der Waals surface area contributed by atoms with Gasteiger partial charge in [-0.15, -0.1) is 0 Å². The van der Waals surface area contributed by atoms with Gasteiger partial charge in [0.05, 0.1) is 26.4 Å².